The van der Waals surface area contributed by atoms with Crippen LogP contribution in [0.5, 0.6) is 0 Å². The third-order valence-electron chi connectivity index (χ3n) is 3.67. The summed E-state index contributed by atoms with van der Waals surface area (Å²) in [7, 11) is 4.21. The summed E-state index contributed by atoms with van der Waals surface area (Å²) < 4.78 is 0.559. The van der Waals surface area contributed by atoms with Gasteiger partial charge in [-0.1, -0.05) is 6.92 Å². The van der Waals surface area contributed by atoms with Crippen LogP contribution in [-0.4, -0.2) is 53.5 Å². The highest BCUT2D eigenvalue weighted by Crippen LogP contribution is 2.21. The first-order valence-electron chi connectivity index (χ1n) is 6.70. The van der Waals surface area contributed by atoms with Crippen molar-refractivity contribution in [3.8, 4) is 0 Å². The van der Waals surface area contributed by atoms with Crippen molar-refractivity contribution in [2.45, 2.75) is 25.8 Å². The highest BCUT2D eigenvalue weighted by atomic mass is 79.9. The van der Waals surface area contributed by atoms with Crippen LogP contribution in [0.25, 0.3) is 0 Å². The van der Waals surface area contributed by atoms with E-state index in [9.17, 15) is 4.79 Å². The van der Waals surface area contributed by atoms with Gasteiger partial charge < -0.3 is 9.88 Å². The Morgan fingerprint density at radius 1 is 1.42 bits per heavy atom. The molecule has 6 heteroatoms. The van der Waals surface area contributed by atoms with E-state index in [1.54, 1.807) is 0 Å². The van der Waals surface area contributed by atoms with Crippen LogP contribution in [0.2, 0.25) is 0 Å². The number of hydrogen-bond acceptors (Lipinski definition) is 4. The number of rotatable bonds is 2. The first-order valence-corrected chi connectivity index (χ1v) is 7.49. The molecule has 0 aliphatic carbocycles. The number of H-pyrrole nitrogens is 1. The third-order valence-corrected chi connectivity index (χ3v) is 4.49. The van der Waals surface area contributed by atoms with E-state index in [1.165, 1.54) is 0 Å². The van der Waals surface area contributed by atoms with Crippen LogP contribution in [0.4, 0.5) is 0 Å². The van der Waals surface area contributed by atoms with Crippen molar-refractivity contribution in [3.05, 3.63) is 26.3 Å². The lowest BCUT2D eigenvalue weighted by Gasteiger charge is -2.26. The maximum Gasteiger partial charge on any atom is 0.265 e. The number of halogens is 1. The first kappa shape index (κ1) is 14.7. The smallest absolute Gasteiger partial charge is 0.265 e. The van der Waals surface area contributed by atoms with Crippen molar-refractivity contribution in [1.82, 2.24) is 19.8 Å². The molecule has 0 spiro atoms. The van der Waals surface area contributed by atoms with E-state index in [1.807, 2.05) is 6.92 Å². The van der Waals surface area contributed by atoms with Gasteiger partial charge in [0.15, 0.2) is 0 Å². The molecule has 0 saturated carbocycles. The summed E-state index contributed by atoms with van der Waals surface area (Å²) in [6, 6.07) is 0.151. The zero-order chi connectivity index (χ0) is 14.0. The summed E-state index contributed by atoms with van der Waals surface area (Å²) in [4.78, 5) is 24.1. The zero-order valence-corrected chi connectivity index (χ0v) is 13.3. The Balaban J connectivity index is 2.39. The molecule has 1 aliphatic heterocycles. The van der Waals surface area contributed by atoms with Crippen molar-refractivity contribution in [1.29, 1.82) is 0 Å². The van der Waals surface area contributed by atoms with Gasteiger partial charge in [-0.2, -0.15) is 0 Å². The second-order valence-corrected chi connectivity index (χ2v) is 5.97. The molecule has 0 aromatic carbocycles. The molecule has 0 amide bonds. The van der Waals surface area contributed by atoms with Crippen LogP contribution >= 0.6 is 15.9 Å². The number of nitrogens with one attached hydrogen (secondary N) is 1. The lowest BCUT2D eigenvalue weighted by atomic mass is 10.2. The normalized spacial score (nSPS) is 22.4. The van der Waals surface area contributed by atoms with E-state index in [-0.39, 0.29) is 11.6 Å². The van der Waals surface area contributed by atoms with Crippen molar-refractivity contribution in [2.75, 3.05) is 33.7 Å². The van der Waals surface area contributed by atoms with Crippen LogP contribution in [0.15, 0.2) is 9.27 Å². The van der Waals surface area contributed by atoms with Gasteiger partial charge in [0.2, 0.25) is 0 Å². The molecule has 2 heterocycles. The summed E-state index contributed by atoms with van der Waals surface area (Å²) in [5.41, 5.74) is 0.751. The second-order valence-electron chi connectivity index (χ2n) is 5.18. The van der Waals surface area contributed by atoms with Crippen LogP contribution in [0.1, 0.15) is 30.9 Å². The molecule has 106 valence electrons. The van der Waals surface area contributed by atoms with E-state index in [2.05, 4.69) is 49.8 Å². The average Bonchev–Trinajstić information content (AvgIpc) is 2.54. The Morgan fingerprint density at radius 3 is 2.84 bits per heavy atom. The van der Waals surface area contributed by atoms with Crippen LogP contribution in [-0.2, 0) is 6.42 Å². The predicted octanol–water partition coefficient (Wildman–Crippen LogP) is 1.40. The van der Waals surface area contributed by atoms with Gasteiger partial charge in [-0.3, -0.25) is 9.69 Å². The minimum absolute atomic E-state index is 0.0813. The lowest BCUT2D eigenvalue weighted by molar-refractivity contribution is 0.219. The highest BCUT2D eigenvalue weighted by molar-refractivity contribution is 9.10. The third kappa shape index (κ3) is 3.24. The molecule has 19 heavy (non-hydrogen) atoms. The standard InChI is InChI=1S/C13H21BrN4O/c1-4-9-11(14)13(19)16-12(15-9)10-8-17(2)6-5-7-18(10)3/h10H,4-8H2,1-3H3,(H,15,16,19). The Hall–Kier alpha value is -0.720. The Labute approximate surface area is 122 Å². The van der Waals surface area contributed by atoms with Gasteiger partial charge in [0.1, 0.15) is 10.3 Å². The molecule has 1 N–H and O–H groups in total. The highest BCUT2D eigenvalue weighted by Gasteiger charge is 2.25. The number of nitrogens with zero attached hydrogens (tertiary/aromatic N) is 3. The molecular formula is C13H21BrN4O. The summed E-state index contributed by atoms with van der Waals surface area (Å²) in [6.07, 6.45) is 1.90. The Bertz CT molecular complexity index is 502. The molecule has 1 unspecified atom stereocenters. The molecule has 5 nitrogen and oxygen atoms in total. The van der Waals surface area contributed by atoms with Crippen molar-refractivity contribution < 1.29 is 0 Å². The van der Waals surface area contributed by atoms with Crippen molar-refractivity contribution >= 4 is 15.9 Å². The topological polar surface area (TPSA) is 52.2 Å². The van der Waals surface area contributed by atoms with E-state index in [0.717, 1.165) is 44.0 Å². The van der Waals surface area contributed by atoms with Gasteiger partial charge in [0, 0.05) is 6.54 Å². The fraction of sp³-hybridized carbons (Fsp3) is 0.692. The molecule has 0 radical (unpaired) electrons. The molecule has 1 saturated heterocycles. The van der Waals surface area contributed by atoms with Gasteiger partial charge >= 0.3 is 0 Å². The lowest BCUT2D eigenvalue weighted by Crippen LogP contribution is -2.33. The average molecular weight is 329 g/mol. The van der Waals surface area contributed by atoms with Crippen LogP contribution < -0.4 is 5.56 Å². The predicted molar refractivity (Wildman–Crippen MR) is 79.4 cm³/mol. The van der Waals surface area contributed by atoms with E-state index < -0.39 is 0 Å². The fourth-order valence-corrected chi connectivity index (χ4v) is 2.95. The van der Waals surface area contributed by atoms with E-state index in [4.69, 9.17) is 0 Å². The fourth-order valence-electron chi connectivity index (χ4n) is 2.48. The first-order chi connectivity index (χ1) is 9.02. The van der Waals surface area contributed by atoms with Crippen molar-refractivity contribution in [2.24, 2.45) is 0 Å². The summed E-state index contributed by atoms with van der Waals surface area (Å²) >= 11 is 3.31. The zero-order valence-electron chi connectivity index (χ0n) is 11.7. The molecule has 1 aliphatic rings. The summed E-state index contributed by atoms with van der Waals surface area (Å²) in [6.45, 7) is 5.02. The number of aromatic nitrogens is 2. The quantitative estimate of drug-likeness (QED) is 0.891. The Morgan fingerprint density at radius 2 is 2.16 bits per heavy atom. The number of aromatic amines is 1. The molecule has 1 fully saturated rings. The maximum atomic E-state index is 12.0. The second kappa shape index (κ2) is 6.15. The largest absolute Gasteiger partial charge is 0.308 e. The molecule has 2 rings (SSSR count). The minimum Gasteiger partial charge on any atom is -0.308 e. The maximum absolute atomic E-state index is 12.0. The molecule has 1 aromatic rings. The van der Waals surface area contributed by atoms with Gasteiger partial charge in [0.25, 0.3) is 5.56 Å². The van der Waals surface area contributed by atoms with Gasteiger partial charge in [0.05, 0.1) is 11.7 Å². The van der Waals surface area contributed by atoms with E-state index in [0.29, 0.717) is 4.47 Å². The van der Waals surface area contributed by atoms with Gasteiger partial charge in [-0.15, -0.1) is 0 Å². The monoisotopic (exact) mass is 328 g/mol. The molecule has 0 bridgehead atoms. The van der Waals surface area contributed by atoms with Crippen LogP contribution in [0, 0.1) is 0 Å². The molecular weight excluding hydrogens is 308 g/mol. The van der Waals surface area contributed by atoms with Crippen molar-refractivity contribution in [3.63, 3.8) is 0 Å². The molecule has 1 atom stereocenters. The van der Waals surface area contributed by atoms with Gasteiger partial charge in [-0.05, 0) is 56.0 Å². The number of aryl methyl sites for hydroxylation is 1. The van der Waals surface area contributed by atoms with Gasteiger partial charge in [-0.25, -0.2) is 4.98 Å². The number of likely N-dealkylation sites (N-methyl/N-ethyl adjacent to an activating group) is 2. The SMILES string of the molecule is CCc1nc(C2CN(C)CCCN2C)[nH]c(=O)c1Br. The van der Waals surface area contributed by atoms with E-state index >= 15 is 0 Å². The summed E-state index contributed by atoms with van der Waals surface area (Å²) in [5.74, 6) is 0.779. The molecule has 1 aromatic heterocycles. The van der Waals surface area contributed by atoms with Crippen LogP contribution in [0.3, 0.4) is 0 Å². The summed E-state index contributed by atoms with van der Waals surface area (Å²) in [5, 5.41) is 0. The number of hydrogen-bond donors (Lipinski definition) is 1. The Kier molecular flexibility index (Phi) is 4.76. The minimum atomic E-state index is -0.0813.